The van der Waals surface area contributed by atoms with Crippen LogP contribution in [-0.2, 0) is 5.54 Å². The van der Waals surface area contributed by atoms with Gasteiger partial charge in [-0.2, -0.15) is 0 Å². The summed E-state index contributed by atoms with van der Waals surface area (Å²) in [6, 6.07) is 0.478. The Kier molecular flexibility index (Phi) is 5.80. The molecule has 0 bridgehead atoms. The fourth-order valence-electron chi connectivity index (χ4n) is 2.84. The molecule has 0 unspecified atom stereocenters. The van der Waals surface area contributed by atoms with E-state index in [1.807, 2.05) is 6.20 Å². The zero-order valence-electron chi connectivity index (χ0n) is 12.7. The van der Waals surface area contributed by atoms with Crippen LogP contribution in [0.15, 0.2) is 11.6 Å². The third-order valence-electron chi connectivity index (χ3n) is 2.92. The highest BCUT2D eigenvalue weighted by molar-refractivity contribution is 7.09. The maximum atomic E-state index is 4.60. The molecule has 0 saturated heterocycles. The van der Waals surface area contributed by atoms with Gasteiger partial charge in [-0.05, 0) is 38.5 Å². The van der Waals surface area contributed by atoms with Gasteiger partial charge >= 0.3 is 0 Å². The molecule has 0 spiro atoms. The minimum atomic E-state index is 0.0463. The van der Waals surface area contributed by atoms with Crippen molar-refractivity contribution >= 4 is 11.3 Å². The number of rotatable bonds is 7. The first-order valence-electron chi connectivity index (χ1n) is 7.03. The Bertz CT molecular complexity index is 302. The van der Waals surface area contributed by atoms with E-state index in [0.29, 0.717) is 17.9 Å². The molecule has 1 N–H and O–H groups in total. The summed E-state index contributed by atoms with van der Waals surface area (Å²) in [4.78, 5) is 4.60. The third-order valence-corrected chi connectivity index (χ3v) is 3.90. The molecular formula is C15H28N2S. The number of hydrogen-bond acceptors (Lipinski definition) is 3. The van der Waals surface area contributed by atoms with Crippen molar-refractivity contribution in [2.24, 2.45) is 11.8 Å². The van der Waals surface area contributed by atoms with Crippen LogP contribution in [0.5, 0.6) is 0 Å². The molecule has 1 heterocycles. The zero-order chi connectivity index (χ0) is 13.8. The molecule has 1 aromatic heterocycles. The van der Waals surface area contributed by atoms with E-state index in [-0.39, 0.29) is 5.54 Å². The Morgan fingerprint density at radius 2 is 1.67 bits per heavy atom. The second-order valence-corrected chi connectivity index (χ2v) is 7.31. The van der Waals surface area contributed by atoms with Crippen LogP contribution < -0.4 is 5.32 Å². The van der Waals surface area contributed by atoms with Gasteiger partial charge in [-0.1, -0.05) is 27.7 Å². The van der Waals surface area contributed by atoms with Crippen LogP contribution in [0.3, 0.4) is 0 Å². The second-order valence-electron chi connectivity index (χ2n) is 6.41. The SMILES string of the molecule is CC(C)CC(CC(C)C)(NC(C)C)c1nccs1. The fourth-order valence-corrected chi connectivity index (χ4v) is 3.67. The van der Waals surface area contributed by atoms with Crippen molar-refractivity contribution in [3.8, 4) is 0 Å². The Labute approximate surface area is 116 Å². The lowest BCUT2D eigenvalue weighted by molar-refractivity contribution is 0.208. The maximum Gasteiger partial charge on any atom is 0.113 e. The van der Waals surface area contributed by atoms with Crippen molar-refractivity contribution in [2.75, 3.05) is 0 Å². The minimum Gasteiger partial charge on any atom is -0.303 e. The van der Waals surface area contributed by atoms with Crippen molar-refractivity contribution in [3.63, 3.8) is 0 Å². The summed E-state index contributed by atoms with van der Waals surface area (Å²) in [6.07, 6.45) is 4.23. The van der Waals surface area contributed by atoms with Gasteiger partial charge in [-0.25, -0.2) is 4.98 Å². The summed E-state index contributed by atoms with van der Waals surface area (Å²) in [5.41, 5.74) is 0.0463. The summed E-state index contributed by atoms with van der Waals surface area (Å²) in [6.45, 7) is 13.6. The van der Waals surface area contributed by atoms with Crippen LogP contribution in [0.25, 0.3) is 0 Å². The van der Waals surface area contributed by atoms with Crippen LogP contribution in [0.1, 0.15) is 59.4 Å². The van der Waals surface area contributed by atoms with E-state index in [1.165, 1.54) is 5.01 Å². The Hall–Kier alpha value is -0.410. The summed E-state index contributed by atoms with van der Waals surface area (Å²) in [5.74, 6) is 1.33. The molecule has 1 aromatic rings. The predicted octanol–water partition coefficient (Wildman–Crippen LogP) is 4.43. The predicted molar refractivity (Wildman–Crippen MR) is 81.0 cm³/mol. The lowest BCUT2D eigenvalue weighted by Gasteiger charge is -2.38. The number of nitrogens with zero attached hydrogens (tertiary/aromatic N) is 1. The molecule has 2 nitrogen and oxygen atoms in total. The van der Waals surface area contributed by atoms with Gasteiger partial charge in [-0.3, -0.25) is 0 Å². The maximum absolute atomic E-state index is 4.60. The molecule has 1 rings (SSSR count). The summed E-state index contributed by atoms with van der Waals surface area (Å²) in [5, 5.41) is 7.15. The van der Waals surface area contributed by atoms with Gasteiger partial charge in [-0.15, -0.1) is 11.3 Å². The summed E-state index contributed by atoms with van der Waals surface area (Å²) >= 11 is 1.78. The lowest BCUT2D eigenvalue weighted by Crippen LogP contribution is -2.47. The fraction of sp³-hybridized carbons (Fsp3) is 0.800. The average molecular weight is 268 g/mol. The van der Waals surface area contributed by atoms with Gasteiger partial charge < -0.3 is 5.32 Å². The first-order valence-corrected chi connectivity index (χ1v) is 7.91. The smallest absolute Gasteiger partial charge is 0.113 e. The highest BCUT2D eigenvalue weighted by atomic mass is 32.1. The molecule has 0 aliphatic carbocycles. The van der Waals surface area contributed by atoms with E-state index in [9.17, 15) is 0 Å². The van der Waals surface area contributed by atoms with E-state index in [0.717, 1.165) is 12.8 Å². The van der Waals surface area contributed by atoms with Crippen LogP contribution in [0.2, 0.25) is 0 Å². The van der Waals surface area contributed by atoms with Crippen LogP contribution >= 0.6 is 11.3 Å². The molecule has 0 fully saturated rings. The molecule has 0 aromatic carbocycles. The largest absolute Gasteiger partial charge is 0.303 e. The quantitative estimate of drug-likeness (QED) is 0.791. The van der Waals surface area contributed by atoms with Crippen molar-refractivity contribution in [2.45, 2.75) is 66.0 Å². The van der Waals surface area contributed by atoms with Crippen LogP contribution in [0.4, 0.5) is 0 Å². The highest BCUT2D eigenvalue weighted by Gasteiger charge is 2.36. The Balaban J connectivity index is 3.07. The van der Waals surface area contributed by atoms with Gasteiger partial charge in [0.15, 0.2) is 0 Å². The van der Waals surface area contributed by atoms with E-state index >= 15 is 0 Å². The molecule has 0 radical (unpaired) electrons. The topological polar surface area (TPSA) is 24.9 Å². The van der Waals surface area contributed by atoms with Crippen molar-refractivity contribution < 1.29 is 0 Å². The monoisotopic (exact) mass is 268 g/mol. The van der Waals surface area contributed by atoms with Gasteiger partial charge in [0.05, 0.1) is 5.54 Å². The van der Waals surface area contributed by atoms with Gasteiger partial charge in [0.1, 0.15) is 5.01 Å². The molecule has 18 heavy (non-hydrogen) atoms. The number of thiazole rings is 1. The van der Waals surface area contributed by atoms with Gasteiger partial charge in [0, 0.05) is 17.6 Å². The zero-order valence-corrected chi connectivity index (χ0v) is 13.5. The van der Waals surface area contributed by atoms with Crippen molar-refractivity contribution in [3.05, 3.63) is 16.6 Å². The third kappa shape index (κ3) is 4.36. The number of aromatic nitrogens is 1. The summed E-state index contributed by atoms with van der Waals surface area (Å²) in [7, 11) is 0. The van der Waals surface area contributed by atoms with E-state index < -0.39 is 0 Å². The van der Waals surface area contributed by atoms with Gasteiger partial charge in [0.2, 0.25) is 0 Å². The van der Waals surface area contributed by atoms with Crippen LogP contribution in [-0.4, -0.2) is 11.0 Å². The van der Waals surface area contributed by atoms with Gasteiger partial charge in [0.25, 0.3) is 0 Å². The highest BCUT2D eigenvalue weighted by Crippen LogP contribution is 2.36. The molecule has 0 aliphatic heterocycles. The second kappa shape index (κ2) is 6.67. The number of hydrogen-bond donors (Lipinski definition) is 1. The van der Waals surface area contributed by atoms with Crippen molar-refractivity contribution in [1.82, 2.24) is 10.3 Å². The van der Waals surface area contributed by atoms with Crippen LogP contribution in [0, 0.1) is 11.8 Å². The standard InChI is InChI=1S/C15H28N2S/c1-11(2)9-15(10-12(3)4,17-13(5)6)14-16-7-8-18-14/h7-8,11-13,17H,9-10H2,1-6H3. The molecule has 0 amide bonds. The molecule has 3 heteroatoms. The van der Waals surface area contributed by atoms with Crippen molar-refractivity contribution in [1.29, 1.82) is 0 Å². The summed E-state index contributed by atoms with van der Waals surface area (Å²) < 4.78 is 0. The minimum absolute atomic E-state index is 0.0463. The normalized spacial score (nSPS) is 12.9. The molecule has 0 aliphatic rings. The molecule has 0 atom stereocenters. The Morgan fingerprint density at radius 3 is 2.00 bits per heavy atom. The van der Waals surface area contributed by atoms with E-state index in [1.54, 1.807) is 11.3 Å². The molecular weight excluding hydrogens is 240 g/mol. The molecule has 0 saturated carbocycles. The van der Waals surface area contributed by atoms with E-state index in [2.05, 4.69) is 57.2 Å². The Morgan fingerprint density at radius 1 is 1.11 bits per heavy atom. The number of nitrogens with one attached hydrogen (secondary N) is 1. The first-order chi connectivity index (χ1) is 8.35. The average Bonchev–Trinajstić information content (AvgIpc) is 2.65. The molecule has 104 valence electrons. The lowest BCUT2D eigenvalue weighted by atomic mass is 9.81. The first kappa shape index (κ1) is 15.6. The van der Waals surface area contributed by atoms with E-state index in [4.69, 9.17) is 0 Å².